The normalized spacial score (nSPS) is 16.8. The lowest BCUT2D eigenvalue weighted by atomic mass is 10.1. The first-order valence-electron chi connectivity index (χ1n) is 8.23. The van der Waals surface area contributed by atoms with Crippen molar-refractivity contribution in [2.45, 2.75) is 19.8 Å². The van der Waals surface area contributed by atoms with Gasteiger partial charge in [-0.3, -0.25) is 9.59 Å². The highest BCUT2D eigenvalue weighted by Crippen LogP contribution is 2.33. The number of carbonyl (C=O) groups excluding carboxylic acids is 2. The minimum atomic E-state index is -0.459. The van der Waals surface area contributed by atoms with E-state index in [9.17, 15) is 9.59 Å². The van der Waals surface area contributed by atoms with Crippen LogP contribution in [0, 0.1) is 5.92 Å². The van der Waals surface area contributed by atoms with Gasteiger partial charge in [0.2, 0.25) is 11.8 Å². The summed E-state index contributed by atoms with van der Waals surface area (Å²) in [6.45, 7) is 2.40. The Labute approximate surface area is 167 Å². The molecule has 0 unspecified atom stereocenters. The third-order valence-electron chi connectivity index (χ3n) is 4.42. The zero-order chi connectivity index (χ0) is 18.8. The molecule has 0 aromatic heterocycles. The molecule has 1 aliphatic rings. The van der Waals surface area contributed by atoms with Crippen molar-refractivity contribution in [3.8, 4) is 0 Å². The summed E-state index contributed by atoms with van der Waals surface area (Å²) in [5.41, 5.74) is 2.38. The highest BCUT2D eigenvalue weighted by atomic mass is 35.5. The molecule has 0 radical (unpaired) electrons. The summed E-state index contributed by atoms with van der Waals surface area (Å²) in [6, 6.07) is 10.8. The van der Waals surface area contributed by atoms with Gasteiger partial charge in [-0.05, 0) is 36.2 Å². The molecule has 136 valence electrons. The fourth-order valence-corrected chi connectivity index (χ4v) is 3.49. The molecular weight excluding hydrogens is 395 g/mol. The van der Waals surface area contributed by atoms with E-state index in [2.05, 4.69) is 12.2 Å². The van der Waals surface area contributed by atoms with Crippen LogP contribution in [0.15, 0.2) is 36.4 Å². The largest absolute Gasteiger partial charge is 0.324 e. The van der Waals surface area contributed by atoms with Gasteiger partial charge in [-0.15, -0.1) is 0 Å². The number of aryl methyl sites for hydroxylation is 1. The van der Waals surface area contributed by atoms with Crippen molar-refractivity contribution in [3.05, 3.63) is 57.0 Å². The molecule has 1 aliphatic heterocycles. The van der Waals surface area contributed by atoms with Gasteiger partial charge in [-0.25, -0.2) is 0 Å². The van der Waals surface area contributed by atoms with E-state index < -0.39 is 5.92 Å². The van der Waals surface area contributed by atoms with Gasteiger partial charge >= 0.3 is 0 Å². The van der Waals surface area contributed by atoms with Gasteiger partial charge < -0.3 is 10.2 Å². The van der Waals surface area contributed by atoms with Crippen LogP contribution >= 0.6 is 34.8 Å². The van der Waals surface area contributed by atoms with Crippen molar-refractivity contribution < 1.29 is 9.59 Å². The lowest BCUT2D eigenvalue weighted by Crippen LogP contribution is -2.28. The van der Waals surface area contributed by atoms with Gasteiger partial charge in [0.25, 0.3) is 0 Å². The third-order valence-corrected chi connectivity index (χ3v) is 5.45. The highest BCUT2D eigenvalue weighted by Gasteiger charge is 2.35. The topological polar surface area (TPSA) is 49.4 Å². The van der Waals surface area contributed by atoms with Gasteiger partial charge in [-0.2, -0.15) is 0 Å². The third kappa shape index (κ3) is 3.98. The van der Waals surface area contributed by atoms with E-state index in [1.807, 2.05) is 24.3 Å². The van der Waals surface area contributed by atoms with Gasteiger partial charge in [0.1, 0.15) is 0 Å². The van der Waals surface area contributed by atoms with Crippen LogP contribution in [0.5, 0.6) is 0 Å². The Morgan fingerprint density at radius 3 is 2.42 bits per heavy atom. The average molecular weight is 412 g/mol. The minimum absolute atomic E-state index is 0.0744. The number of hydrogen-bond acceptors (Lipinski definition) is 2. The molecule has 7 heteroatoms. The number of anilines is 2. The Bertz CT molecular complexity index is 853. The van der Waals surface area contributed by atoms with Crippen LogP contribution in [0.25, 0.3) is 0 Å². The molecule has 1 heterocycles. The molecule has 0 bridgehead atoms. The maximum Gasteiger partial charge on any atom is 0.229 e. The summed E-state index contributed by atoms with van der Waals surface area (Å²) < 4.78 is 0. The van der Waals surface area contributed by atoms with E-state index in [0.29, 0.717) is 27.3 Å². The van der Waals surface area contributed by atoms with E-state index in [1.54, 1.807) is 4.90 Å². The first-order chi connectivity index (χ1) is 12.4. The zero-order valence-electron chi connectivity index (χ0n) is 14.1. The number of hydrogen-bond donors (Lipinski definition) is 1. The van der Waals surface area contributed by atoms with E-state index in [-0.39, 0.29) is 18.2 Å². The van der Waals surface area contributed by atoms with Crippen molar-refractivity contribution in [3.63, 3.8) is 0 Å². The molecule has 1 atom stereocenters. The van der Waals surface area contributed by atoms with Crippen LogP contribution < -0.4 is 10.2 Å². The summed E-state index contributed by atoms with van der Waals surface area (Å²) >= 11 is 18.0. The lowest BCUT2D eigenvalue weighted by molar-refractivity contribution is -0.122. The Kier molecular flexibility index (Phi) is 5.76. The van der Waals surface area contributed by atoms with Crippen LogP contribution in [0.4, 0.5) is 11.4 Å². The van der Waals surface area contributed by atoms with Crippen molar-refractivity contribution in [2.75, 3.05) is 16.8 Å². The van der Waals surface area contributed by atoms with E-state index in [0.717, 1.165) is 12.1 Å². The second kappa shape index (κ2) is 7.87. The molecule has 0 spiro atoms. The van der Waals surface area contributed by atoms with Crippen molar-refractivity contribution in [2.24, 2.45) is 5.92 Å². The summed E-state index contributed by atoms with van der Waals surface area (Å²) in [4.78, 5) is 26.5. The molecular formula is C19H17Cl3N2O2. The van der Waals surface area contributed by atoms with Crippen molar-refractivity contribution >= 4 is 58.0 Å². The standard InChI is InChI=1S/C19H17Cl3N2O2/c1-2-11-3-5-13(6-4-11)24-10-12(7-18(24)25)19(26)23-17-9-15(21)14(20)8-16(17)22/h3-6,8-9,12H,2,7,10H2,1H3,(H,23,26)/t12-/m1/s1. The number of rotatable bonds is 4. The monoisotopic (exact) mass is 410 g/mol. The molecule has 1 saturated heterocycles. The Morgan fingerprint density at radius 1 is 1.12 bits per heavy atom. The van der Waals surface area contributed by atoms with Crippen LogP contribution in [-0.4, -0.2) is 18.4 Å². The number of nitrogens with one attached hydrogen (secondary N) is 1. The number of nitrogens with zero attached hydrogens (tertiary/aromatic N) is 1. The lowest BCUT2D eigenvalue weighted by Gasteiger charge is -2.17. The van der Waals surface area contributed by atoms with E-state index >= 15 is 0 Å². The summed E-state index contributed by atoms with van der Waals surface area (Å²) in [5.74, 6) is -0.806. The van der Waals surface area contributed by atoms with Gasteiger partial charge in [0, 0.05) is 18.7 Å². The summed E-state index contributed by atoms with van der Waals surface area (Å²) in [6.07, 6.45) is 1.09. The van der Waals surface area contributed by atoms with Crippen LogP contribution in [0.3, 0.4) is 0 Å². The first-order valence-corrected chi connectivity index (χ1v) is 9.37. The molecule has 3 rings (SSSR count). The second-order valence-corrected chi connectivity index (χ2v) is 7.38. The SMILES string of the molecule is CCc1ccc(N2C[C@H](C(=O)Nc3cc(Cl)c(Cl)cc3Cl)CC2=O)cc1. The van der Waals surface area contributed by atoms with Gasteiger partial charge in [-0.1, -0.05) is 53.9 Å². The van der Waals surface area contributed by atoms with Gasteiger partial charge in [0.15, 0.2) is 0 Å². The van der Waals surface area contributed by atoms with Crippen molar-refractivity contribution in [1.82, 2.24) is 0 Å². The smallest absolute Gasteiger partial charge is 0.229 e. The number of carbonyl (C=O) groups is 2. The molecule has 26 heavy (non-hydrogen) atoms. The predicted molar refractivity (Wildman–Crippen MR) is 106 cm³/mol. The first kappa shape index (κ1) is 19.0. The maximum absolute atomic E-state index is 12.6. The average Bonchev–Trinajstić information content (AvgIpc) is 3.01. The van der Waals surface area contributed by atoms with Crippen LogP contribution in [-0.2, 0) is 16.0 Å². The second-order valence-electron chi connectivity index (χ2n) is 6.16. The minimum Gasteiger partial charge on any atom is -0.324 e. The predicted octanol–water partition coefficient (Wildman–Crippen LogP) is 5.20. The molecule has 4 nitrogen and oxygen atoms in total. The Hall–Kier alpha value is -1.75. The van der Waals surface area contributed by atoms with Gasteiger partial charge in [0.05, 0.1) is 26.7 Å². The summed E-state index contributed by atoms with van der Waals surface area (Å²) in [5, 5.41) is 3.64. The number of halogens is 3. The zero-order valence-corrected chi connectivity index (χ0v) is 16.3. The molecule has 2 amide bonds. The fourth-order valence-electron chi connectivity index (χ4n) is 2.90. The highest BCUT2D eigenvalue weighted by molar-refractivity contribution is 6.44. The molecule has 2 aromatic rings. The van der Waals surface area contributed by atoms with Crippen LogP contribution in [0.2, 0.25) is 15.1 Å². The molecule has 1 fully saturated rings. The molecule has 1 N–H and O–H groups in total. The fraction of sp³-hybridized carbons (Fsp3) is 0.263. The number of amides is 2. The van der Waals surface area contributed by atoms with Crippen molar-refractivity contribution in [1.29, 1.82) is 0 Å². The van der Waals surface area contributed by atoms with E-state index in [1.165, 1.54) is 17.7 Å². The summed E-state index contributed by atoms with van der Waals surface area (Å²) in [7, 11) is 0. The molecule has 0 aliphatic carbocycles. The maximum atomic E-state index is 12.6. The number of benzene rings is 2. The Balaban J connectivity index is 1.71. The van der Waals surface area contributed by atoms with Crippen LogP contribution in [0.1, 0.15) is 18.9 Å². The molecule has 0 saturated carbocycles. The van der Waals surface area contributed by atoms with E-state index in [4.69, 9.17) is 34.8 Å². The molecule has 2 aromatic carbocycles. The Morgan fingerprint density at radius 2 is 1.77 bits per heavy atom. The quantitative estimate of drug-likeness (QED) is 0.703.